The minimum absolute atomic E-state index is 0.0386. The maximum atomic E-state index is 12.0. The van der Waals surface area contributed by atoms with Crippen LogP contribution < -0.4 is 0 Å². The van der Waals surface area contributed by atoms with Gasteiger partial charge in [0.2, 0.25) is 5.91 Å². The lowest BCUT2D eigenvalue weighted by atomic mass is 10.2. The van der Waals surface area contributed by atoms with Crippen LogP contribution in [0.5, 0.6) is 0 Å². The van der Waals surface area contributed by atoms with Crippen molar-refractivity contribution in [1.82, 2.24) is 9.80 Å². The summed E-state index contributed by atoms with van der Waals surface area (Å²) in [5.74, 6) is -0.0386. The second-order valence-electron chi connectivity index (χ2n) is 5.47. The Bertz CT molecular complexity index is 347. The molecule has 1 fully saturated rings. The molecule has 1 unspecified atom stereocenters. The van der Waals surface area contributed by atoms with Gasteiger partial charge >= 0.3 is 6.09 Å². The normalized spacial score (nSPS) is 19.9. The summed E-state index contributed by atoms with van der Waals surface area (Å²) >= 11 is 0. The Morgan fingerprint density at radius 3 is 2.72 bits per heavy atom. The van der Waals surface area contributed by atoms with E-state index in [1.165, 1.54) is 4.90 Å². The summed E-state index contributed by atoms with van der Waals surface area (Å²) in [5.41, 5.74) is -0.548. The van der Waals surface area contributed by atoms with E-state index in [9.17, 15) is 9.59 Å². The lowest BCUT2D eigenvalue weighted by Crippen LogP contribution is -2.45. The number of carbonyl (C=O) groups excluding carboxylic acids is 2. The molecule has 0 aromatic heterocycles. The second kappa shape index (κ2) is 5.42. The average Bonchev–Trinajstić information content (AvgIpc) is 2.58. The molecule has 1 heterocycles. The number of amides is 2. The largest absolute Gasteiger partial charge is 0.444 e. The van der Waals surface area contributed by atoms with Gasteiger partial charge in [0.25, 0.3) is 0 Å². The van der Waals surface area contributed by atoms with Crippen LogP contribution >= 0.6 is 0 Å². The summed E-state index contributed by atoms with van der Waals surface area (Å²) in [6, 6.07) is -0.417. The molecule has 0 aromatic rings. The van der Waals surface area contributed by atoms with Crippen molar-refractivity contribution in [2.24, 2.45) is 0 Å². The second-order valence-corrected chi connectivity index (χ2v) is 5.47. The highest BCUT2D eigenvalue weighted by molar-refractivity contribution is 5.87. The van der Waals surface area contributed by atoms with Crippen molar-refractivity contribution in [3.63, 3.8) is 0 Å². The zero-order valence-electron chi connectivity index (χ0n) is 11.6. The first-order valence-corrected chi connectivity index (χ1v) is 6.11. The van der Waals surface area contributed by atoms with Crippen LogP contribution in [0.15, 0.2) is 12.7 Å². The first-order valence-electron chi connectivity index (χ1n) is 6.11. The predicted molar refractivity (Wildman–Crippen MR) is 69.2 cm³/mol. The maximum absolute atomic E-state index is 12.0. The highest BCUT2D eigenvalue weighted by Gasteiger charge is 2.37. The van der Waals surface area contributed by atoms with Gasteiger partial charge in [-0.05, 0) is 27.2 Å². The van der Waals surface area contributed by atoms with E-state index < -0.39 is 17.7 Å². The Morgan fingerprint density at radius 1 is 1.61 bits per heavy atom. The fourth-order valence-electron chi connectivity index (χ4n) is 1.88. The van der Waals surface area contributed by atoms with Gasteiger partial charge in [-0.1, -0.05) is 6.08 Å². The highest BCUT2D eigenvalue weighted by atomic mass is 16.6. The van der Waals surface area contributed by atoms with E-state index in [0.29, 0.717) is 19.5 Å². The van der Waals surface area contributed by atoms with Crippen LogP contribution in [0.2, 0.25) is 0 Å². The smallest absolute Gasteiger partial charge is 0.410 e. The minimum atomic E-state index is -0.548. The average molecular weight is 254 g/mol. The van der Waals surface area contributed by atoms with Crippen molar-refractivity contribution in [3.8, 4) is 0 Å². The van der Waals surface area contributed by atoms with Crippen molar-refractivity contribution in [3.05, 3.63) is 12.7 Å². The molecule has 5 heteroatoms. The molecular formula is C13H22N2O3. The zero-order valence-corrected chi connectivity index (χ0v) is 11.6. The standard InChI is InChI=1S/C13H22N2O3/c1-6-8-15-9-7-10(11(15)16)14(5)12(17)18-13(2,3)4/h6,10H,1,7-9H2,2-5H3. The minimum Gasteiger partial charge on any atom is -0.444 e. The van der Waals surface area contributed by atoms with E-state index in [4.69, 9.17) is 4.74 Å². The van der Waals surface area contributed by atoms with Gasteiger partial charge in [-0.25, -0.2) is 4.79 Å². The first-order chi connectivity index (χ1) is 8.26. The van der Waals surface area contributed by atoms with E-state index in [2.05, 4.69) is 6.58 Å². The monoisotopic (exact) mass is 254 g/mol. The van der Waals surface area contributed by atoms with Gasteiger partial charge in [0.05, 0.1) is 0 Å². The maximum Gasteiger partial charge on any atom is 0.410 e. The third-order valence-electron chi connectivity index (χ3n) is 2.77. The van der Waals surface area contributed by atoms with Crippen LogP contribution in [0.1, 0.15) is 27.2 Å². The van der Waals surface area contributed by atoms with Gasteiger partial charge in [-0.15, -0.1) is 6.58 Å². The van der Waals surface area contributed by atoms with Gasteiger partial charge in [-0.3, -0.25) is 9.69 Å². The summed E-state index contributed by atoms with van der Waals surface area (Å²) in [4.78, 5) is 27.0. The van der Waals surface area contributed by atoms with Crippen LogP contribution in [0, 0.1) is 0 Å². The third kappa shape index (κ3) is 3.48. The number of hydrogen-bond acceptors (Lipinski definition) is 3. The quantitative estimate of drug-likeness (QED) is 0.719. The van der Waals surface area contributed by atoms with Crippen molar-refractivity contribution in [2.75, 3.05) is 20.1 Å². The molecule has 18 heavy (non-hydrogen) atoms. The van der Waals surface area contributed by atoms with E-state index >= 15 is 0 Å². The van der Waals surface area contributed by atoms with E-state index in [0.717, 1.165) is 0 Å². The number of rotatable bonds is 3. The summed E-state index contributed by atoms with van der Waals surface area (Å²) < 4.78 is 5.25. The van der Waals surface area contributed by atoms with Crippen molar-refractivity contribution >= 4 is 12.0 Å². The lowest BCUT2D eigenvalue weighted by molar-refractivity contribution is -0.131. The molecule has 102 valence electrons. The van der Waals surface area contributed by atoms with E-state index in [1.54, 1.807) is 38.8 Å². The van der Waals surface area contributed by atoms with Crippen molar-refractivity contribution in [2.45, 2.75) is 38.8 Å². The Hall–Kier alpha value is -1.52. The molecular weight excluding hydrogens is 232 g/mol. The summed E-state index contributed by atoms with van der Waals surface area (Å²) in [6.45, 7) is 10.2. The lowest BCUT2D eigenvalue weighted by Gasteiger charge is -2.27. The molecule has 1 aliphatic rings. The Labute approximate surface area is 108 Å². The molecule has 1 saturated heterocycles. The molecule has 0 saturated carbocycles. The fourth-order valence-corrected chi connectivity index (χ4v) is 1.88. The fraction of sp³-hybridized carbons (Fsp3) is 0.692. The molecule has 0 aromatic carbocycles. The van der Waals surface area contributed by atoms with Crippen LogP contribution in [0.3, 0.4) is 0 Å². The summed E-state index contributed by atoms with van der Waals surface area (Å²) in [7, 11) is 1.61. The highest BCUT2D eigenvalue weighted by Crippen LogP contribution is 2.18. The summed E-state index contributed by atoms with van der Waals surface area (Å²) in [5, 5.41) is 0. The van der Waals surface area contributed by atoms with Crippen LogP contribution in [0.25, 0.3) is 0 Å². The molecule has 5 nitrogen and oxygen atoms in total. The number of nitrogens with zero attached hydrogens (tertiary/aromatic N) is 2. The van der Waals surface area contributed by atoms with Gasteiger partial charge in [0, 0.05) is 20.1 Å². The number of hydrogen-bond donors (Lipinski definition) is 0. The third-order valence-corrected chi connectivity index (χ3v) is 2.77. The van der Waals surface area contributed by atoms with Crippen LogP contribution in [0.4, 0.5) is 4.79 Å². The van der Waals surface area contributed by atoms with Gasteiger partial charge in [-0.2, -0.15) is 0 Å². The topological polar surface area (TPSA) is 49.9 Å². The van der Waals surface area contributed by atoms with Gasteiger partial charge in [0.15, 0.2) is 0 Å². The zero-order chi connectivity index (χ0) is 13.9. The molecule has 2 amide bonds. The molecule has 1 rings (SSSR count). The van der Waals surface area contributed by atoms with E-state index in [1.807, 2.05) is 0 Å². The van der Waals surface area contributed by atoms with Crippen LogP contribution in [-0.2, 0) is 9.53 Å². The summed E-state index contributed by atoms with van der Waals surface area (Å²) in [6.07, 6.45) is 1.87. The van der Waals surface area contributed by atoms with E-state index in [-0.39, 0.29) is 5.91 Å². The molecule has 0 spiro atoms. The van der Waals surface area contributed by atoms with Crippen LogP contribution in [-0.4, -0.2) is 53.6 Å². The SMILES string of the molecule is C=CCN1CCC(N(C)C(=O)OC(C)(C)C)C1=O. The predicted octanol–water partition coefficient (Wildman–Crippen LogP) is 1.64. The molecule has 0 N–H and O–H groups in total. The van der Waals surface area contributed by atoms with Crippen molar-refractivity contribution in [1.29, 1.82) is 0 Å². The number of ether oxygens (including phenoxy) is 1. The Kier molecular flexibility index (Phi) is 4.38. The first kappa shape index (κ1) is 14.5. The number of carbonyl (C=O) groups is 2. The van der Waals surface area contributed by atoms with Gasteiger partial charge < -0.3 is 9.64 Å². The van der Waals surface area contributed by atoms with Crippen molar-refractivity contribution < 1.29 is 14.3 Å². The molecule has 0 radical (unpaired) electrons. The molecule has 1 atom stereocenters. The number of likely N-dealkylation sites (tertiary alicyclic amines) is 1. The molecule has 0 aliphatic carbocycles. The number of likely N-dealkylation sites (N-methyl/N-ethyl adjacent to an activating group) is 1. The molecule has 1 aliphatic heterocycles. The van der Waals surface area contributed by atoms with Gasteiger partial charge in [0.1, 0.15) is 11.6 Å². The molecule has 0 bridgehead atoms. The Morgan fingerprint density at radius 2 is 2.22 bits per heavy atom. The Balaban J connectivity index is 2.63.